The van der Waals surface area contributed by atoms with Crippen molar-refractivity contribution in [3.05, 3.63) is 17.5 Å². The largest absolute Gasteiger partial charge is 0.313 e. The molecule has 2 rings (SSSR count). The predicted molar refractivity (Wildman–Crippen MR) is 52.5 cm³/mol. The molecule has 0 amide bonds. The maximum absolute atomic E-state index is 4.37. The van der Waals surface area contributed by atoms with Gasteiger partial charge in [0.25, 0.3) is 0 Å². The summed E-state index contributed by atoms with van der Waals surface area (Å²) in [6.45, 7) is 2.09. The van der Waals surface area contributed by atoms with Gasteiger partial charge in [-0.2, -0.15) is 5.10 Å². The van der Waals surface area contributed by atoms with Gasteiger partial charge in [-0.1, -0.05) is 0 Å². The third-order valence-corrected chi connectivity index (χ3v) is 2.79. The number of nitrogens with zero attached hydrogens (tertiary/aromatic N) is 2. The molecule has 1 N–H and O–H groups in total. The average Bonchev–Trinajstić information content (AvgIpc) is 2.82. The summed E-state index contributed by atoms with van der Waals surface area (Å²) in [5, 5.41) is 7.75. The van der Waals surface area contributed by atoms with E-state index in [1.54, 1.807) is 0 Å². The van der Waals surface area contributed by atoms with E-state index in [0.29, 0.717) is 6.04 Å². The summed E-state index contributed by atoms with van der Waals surface area (Å²) in [5.74, 6) is 0.841. The van der Waals surface area contributed by atoms with E-state index in [-0.39, 0.29) is 0 Å². The molecule has 0 radical (unpaired) electrons. The lowest BCUT2D eigenvalue weighted by atomic mass is 10.0. The van der Waals surface area contributed by atoms with Crippen molar-refractivity contribution in [3.63, 3.8) is 0 Å². The summed E-state index contributed by atoms with van der Waals surface area (Å²) in [6.07, 6.45) is 4.86. The molecule has 0 saturated heterocycles. The lowest BCUT2D eigenvalue weighted by molar-refractivity contribution is 0.526. The highest BCUT2D eigenvalue weighted by Gasteiger charge is 2.32. The Kier molecular flexibility index (Phi) is 2.12. The lowest BCUT2D eigenvalue weighted by Gasteiger charge is -2.13. The van der Waals surface area contributed by atoms with E-state index in [1.807, 2.05) is 18.8 Å². The van der Waals surface area contributed by atoms with Crippen LogP contribution in [0.5, 0.6) is 0 Å². The maximum Gasteiger partial charge on any atom is 0.0641 e. The Morgan fingerprint density at radius 3 is 2.69 bits per heavy atom. The van der Waals surface area contributed by atoms with E-state index in [4.69, 9.17) is 0 Å². The summed E-state index contributed by atoms with van der Waals surface area (Å²) < 4.78 is 1.90. The average molecular weight is 179 g/mol. The van der Waals surface area contributed by atoms with Crippen LogP contribution < -0.4 is 5.32 Å². The molecule has 1 aromatic rings. The van der Waals surface area contributed by atoms with Gasteiger partial charge in [0.1, 0.15) is 0 Å². The van der Waals surface area contributed by atoms with E-state index >= 15 is 0 Å². The van der Waals surface area contributed by atoms with E-state index in [0.717, 1.165) is 11.6 Å². The van der Waals surface area contributed by atoms with E-state index in [2.05, 4.69) is 23.5 Å². The van der Waals surface area contributed by atoms with Gasteiger partial charge in [-0.05, 0) is 32.7 Å². The van der Waals surface area contributed by atoms with Crippen molar-refractivity contribution in [1.29, 1.82) is 0 Å². The van der Waals surface area contributed by atoms with Crippen LogP contribution in [-0.4, -0.2) is 16.8 Å². The quantitative estimate of drug-likeness (QED) is 0.760. The Balaban J connectivity index is 2.25. The topological polar surface area (TPSA) is 29.9 Å². The number of hydrogen-bond acceptors (Lipinski definition) is 2. The second-order valence-corrected chi connectivity index (χ2v) is 3.95. The van der Waals surface area contributed by atoms with Crippen molar-refractivity contribution in [2.75, 3.05) is 7.05 Å². The van der Waals surface area contributed by atoms with Gasteiger partial charge in [-0.25, -0.2) is 0 Å². The van der Waals surface area contributed by atoms with Crippen molar-refractivity contribution in [2.24, 2.45) is 13.0 Å². The van der Waals surface area contributed by atoms with Gasteiger partial charge in [0.15, 0.2) is 0 Å². The fourth-order valence-corrected chi connectivity index (χ4v) is 2.00. The van der Waals surface area contributed by atoms with Crippen LogP contribution in [0.1, 0.15) is 30.1 Å². The molecule has 3 nitrogen and oxygen atoms in total. The van der Waals surface area contributed by atoms with Crippen molar-refractivity contribution in [3.8, 4) is 0 Å². The smallest absolute Gasteiger partial charge is 0.0641 e. The number of hydrogen-bond donors (Lipinski definition) is 1. The first-order valence-corrected chi connectivity index (χ1v) is 4.89. The summed E-state index contributed by atoms with van der Waals surface area (Å²) >= 11 is 0. The molecule has 0 bridgehead atoms. The van der Waals surface area contributed by atoms with Gasteiger partial charge in [0, 0.05) is 24.8 Å². The number of aryl methyl sites for hydroxylation is 2. The van der Waals surface area contributed by atoms with Gasteiger partial charge in [0.2, 0.25) is 0 Å². The minimum atomic E-state index is 0.522. The van der Waals surface area contributed by atoms with Gasteiger partial charge in [-0.15, -0.1) is 0 Å². The van der Waals surface area contributed by atoms with Crippen LogP contribution in [0.25, 0.3) is 0 Å². The Bertz CT molecular complexity index is 299. The van der Waals surface area contributed by atoms with Gasteiger partial charge >= 0.3 is 0 Å². The molecule has 3 heteroatoms. The first-order valence-electron chi connectivity index (χ1n) is 4.89. The second kappa shape index (κ2) is 3.14. The zero-order chi connectivity index (χ0) is 9.42. The second-order valence-electron chi connectivity index (χ2n) is 3.95. The van der Waals surface area contributed by atoms with E-state index in [9.17, 15) is 0 Å². The number of nitrogens with one attached hydrogen (secondary N) is 1. The molecule has 13 heavy (non-hydrogen) atoms. The molecule has 1 heterocycles. The Morgan fingerprint density at radius 1 is 1.62 bits per heavy atom. The summed E-state index contributed by atoms with van der Waals surface area (Å²) in [7, 11) is 4.02. The van der Waals surface area contributed by atoms with Crippen LogP contribution in [-0.2, 0) is 7.05 Å². The minimum absolute atomic E-state index is 0.522. The highest BCUT2D eigenvalue weighted by atomic mass is 15.3. The molecule has 72 valence electrons. The zero-order valence-corrected chi connectivity index (χ0v) is 8.54. The minimum Gasteiger partial charge on any atom is -0.313 e. The molecule has 0 spiro atoms. The standard InChI is InChI=1S/C10H17N3/c1-7-9(6-13(3)12-7)10(11-2)8-4-5-8/h6,8,10-11H,4-5H2,1-3H3. The molecular weight excluding hydrogens is 162 g/mol. The Hall–Kier alpha value is -0.830. The molecule has 1 atom stereocenters. The third-order valence-electron chi connectivity index (χ3n) is 2.79. The fourth-order valence-electron chi connectivity index (χ4n) is 2.00. The summed E-state index contributed by atoms with van der Waals surface area (Å²) in [4.78, 5) is 0. The summed E-state index contributed by atoms with van der Waals surface area (Å²) in [6, 6.07) is 0.522. The summed E-state index contributed by atoms with van der Waals surface area (Å²) in [5.41, 5.74) is 2.53. The highest BCUT2D eigenvalue weighted by Crippen LogP contribution is 2.41. The van der Waals surface area contributed by atoms with E-state index < -0.39 is 0 Å². The maximum atomic E-state index is 4.37. The number of aromatic nitrogens is 2. The van der Waals surface area contributed by atoms with Crippen LogP contribution in [0.3, 0.4) is 0 Å². The van der Waals surface area contributed by atoms with Gasteiger partial charge in [0.05, 0.1) is 5.69 Å². The normalized spacial score (nSPS) is 19.0. The Morgan fingerprint density at radius 2 is 2.31 bits per heavy atom. The highest BCUT2D eigenvalue weighted by molar-refractivity contribution is 5.22. The Labute approximate surface area is 79.1 Å². The van der Waals surface area contributed by atoms with Gasteiger partial charge < -0.3 is 5.32 Å². The van der Waals surface area contributed by atoms with Crippen molar-refractivity contribution < 1.29 is 0 Å². The van der Waals surface area contributed by atoms with Crippen LogP contribution >= 0.6 is 0 Å². The van der Waals surface area contributed by atoms with Crippen LogP contribution in [0.2, 0.25) is 0 Å². The number of rotatable bonds is 3. The fraction of sp³-hybridized carbons (Fsp3) is 0.700. The molecule has 1 aliphatic carbocycles. The van der Waals surface area contributed by atoms with Crippen molar-refractivity contribution in [1.82, 2.24) is 15.1 Å². The van der Waals surface area contributed by atoms with Crippen LogP contribution in [0.4, 0.5) is 0 Å². The first-order chi connectivity index (χ1) is 6.22. The third kappa shape index (κ3) is 1.61. The molecule has 1 saturated carbocycles. The molecule has 0 aromatic carbocycles. The molecule has 1 aromatic heterocycles. The molecule has 0 aliphatic heterocycles. The van der Waals surface area contributed by atoms with Crippen molar-refractivity contribution >= 4 is 0 Å². The monoisotopic (exact) mass is 179 g/mol. The zero-order valence-electron chi connectivity index (χ0n) is 8.54. The lowest BCUT2D eigenvalue weighted by Crippen LogP contribution is -2.18. The SMILES string of the molecule is CNC(c1cn(C)nc1C)C1CC1. The molecule has 1 unspecified atom stereocenters. The molecule has 1 fully saturated rings. The van der Waals surface area contributed by atoms with Gasteiger partial charge in [-0.3, -0.25) is 4.68 Å². The first kappa shape index (κ1) is 8.75. The van der Waals surface area contributed by atoms with Crippen LogP contribution in [0.15, 0.2) is 6.20 Å². The predicted octanol–water partition coefficient (Wildman–Crippen LogP) is 1.40. The molecule has 1 aliphatic rings. The van der Waals surface area contributed by atoms with Crippen molar-refractivity contribution in [2.45, 2.75) is 25.8 Å². The van der Waals surface area contributed by atoms with E-state index in [1.165, 1.54) is 18.4 Å². The molecular formula is C10H17N3. The van der Waals surface area contributed by atoms with Crippen LogP contribution in [0, 0.1) is 12.8 Å².